The van der Waals surface area contributed by atoms with Gasteiger partial charge in [-0.1, -0.05) is 37.1 Å². The quantitative estimate of drug-likeness (QED) is 0.334. The van der Waals surface area contributed by atoms with Crippen molar-refractivity contribution in [3.05, 3.63) is 83.0 Å². The molecule has 2 aliphatic heterocycles. The van der Waals surface area contributed by atoms with E-state index in [0.717, 1.165) is 48.5 Å². The highest BCUT2D eigenvalue weighted by molar-refractivity contribution is 6.30. The number of anilines is 3. The Balaban J connectivity index is 1.14. The van der Waals surface area contributed by atoms with E-state index in [0.29, 0.717) is 48.4 Å². The van der Waals surface area contributed by atoms with Crippen LogP contribution in [0.1, 0.15) is 48.5 Å². The van der Waals surface area contributed by atoms with Gasteiger partial charge in [-0.15, -0.1) is 5.10 Å². The zero-order chi connectivity index (χ0) is 27.0. The number of halogens is 1. The molecule has 4 heterocycles. The molecule has 9 heteroatoms. The van der Waals surface area contributed by atoms with Gasteiger partial charge in [0.1, 0.15) is 0 Å². The Kier molecular flexibility index (Phi) is 6.91. The van der Waals surface area contributed by atoms with Gasteiger partial charge in [0.15, 0.2) is 5.65 Å². The van der Waals surface area contributed by atoms with E-state index in [-0.39, 0.29) is 5.91 Å². The number of fused-ring (bicyclic) bond motifs is 1. The Morgan fingerprint density at radius 3 is 2.51 bits per heavy atom. The van der Waals surface area contributed by atoms with Crippen LogP contribution in [0, 0.1) is 5.92 Å². The average Bonchev–Trinajstić information content (AvgIpc) is 3.61. The van der Waals surface area contributed by atoms with E-state index >= 15 is 0 Å². The minimum atomic E-state index is -0.868. The van der Waals surface area contributed by atoms with Crippen molar-refractivity contribution >= 4 is 40.5 Å². The third-order valence-electron chi connectivity index (χ3n) is 8.19. The summed E-state index contributed by atoms with van der Waals surface area (Å²) in [6.07, 6.45) is 5.30. The van der Waals surface area contributed by atoms with Crippen molar-refractivity contribution < 1.29 is 9.90 Å². The predicted molar refractivity (Wildman–Crippen MR) is 154 cm³/mol. The van der Waals surface area contributed by atoms with Gasteiger partial charge in [0.2, 0.25) is 5.95 Å². The Hall–Kier alpha value is -3.62. The molecule has 0 spiro atoms. The summed E-state index contributed by atoms with van der Waals surface area (Å²) in [6.45, 7) is 5.26. The first-order chi connectivity index (χ1) is 18.9. The van der Waals surface area contributed by atoms with E-state index in [1.165, 1.54) is 0 Å². The van der Waals surface area contributed by atoms with Crippen LogP contribution in [-0.2, 0) is 5.60 Å². The first-order valence-electron chi connectivity index (χ1n) is 13.7. The van der Waals surface area contributed by atoms with Crippen molar-refractivity contribution in [2.24, 2.45) is 5.92 Å². The molecule has 1 amide bonds. The van der Waals surface area contributed by atoms with E-state index in [9.17, 15) is 9.90 Å². The van der Waals surface area contributed by atoms with E-state index in [1.807, 2.05) is 71.8 Å². The first-order valence-corrected chi connectivity index (χ1v) is 14.0. The van der Waals surface area contributed by atoms with Crippen molar-refractivity contribution in [1.82, 2.24) is 19.5 Å². The second-order valence-corrected chi connectivity index (χ2v) is 11.1. The van der Waals surface area contributed by atoms with Crippen molar-refractivity contribution in [2.45, 2.75) is 38.2 Å². The van der Waals surface area contributed by atoms with Crippen LogP contribution in [0.5, 0.6) is 0 Å². The maximum absolute atomic E-state index is 12.9. The van der Waals surface area contributed by atoms with Crippen molar-refractivity contribution in [2.75, 3.05) is 36.4 Å². The Bertz CT molecular complexity index is 1460. The molecular formula is C30H33ClN6O2. The van der Waals surface area contributed by atoms with Crippen LogP contribution in [0.4, 0.5) is 17.3 Å². The van der Waals surface area contributed by atoms with Gasteiger partial charge in [0.05, 0.1) is 11.3 Å². The predicted octanol–water partition coefficient (Wildman–Crippen LogP) is 5.49. The lowest BCUT2D eigenvalue weighted by Crippen LogP contribution is -2.42. The average molecular weight is 545 g/mol. The van der Waals surface area contributed by atoms with Crippen LogP contribution < -0.4 is 10.2 Å². The molecule has 2 aromatic carbocycles. The van der Waals surface area contributed by atoms with Gasteiger partial charge in [-0.2, -0.15) is 4.98 Å². The monoisotopic (exact) mass is 544 g/mol. The SMILES string of the molecule is CCC1CCN(C(=O)c2ccc(Nc3nc4c(N5CCC(O)(c6ccc(Cl)cc6)CC5)cccn4n3)cc2)C1. The van der Waals surface area contributed by atoms with Gasteiger partial charge in [-0.05, 0) is 79.3 Å². The molecule has 6 rings (SSSR count). The van der Waals surface area contributed by atoms with Gasteiger partial charge in [-0.3, -0.25) is 4.79 Å². The number of hydrogen-bond acceptors (Lipinski definition) is 6. The van der Waals surface area contributed by atoms with Gasteiger partial charge in [0, 0.05) is 48.6 Å². The summed E-state index contributed by atoms with van der Waals surface area (Å²) < 4.78 is 1.77. The number of nitrogens with one attached hydrogen (secondary N) is 1. The van der Waals surface area contributed by atoms with E-state index in [1.54, 1.807) is 4.52 Å². The van der Waals surface area contributed by atoms with Gasteiger partial charge < -0.3 is 20.2 Å². The van der Waals surface area contributed by atoms with E-state index in [2.05, 4.69) is 22.2 Å². The molecule has 8 nitrogen and oxygen atoms in total. The number of benzene rings is 2. The molecule has 0 radical (unpaired) electrons. The zero-order valence-corrected chi connectivity index (χ0v) is 22.8. The number of carbonyl (C=O) groups is 1. The summed E-state index contributed by atoms with van der Waals surface area (Å²) in [7, 11) is 0. The molecule has 1 unspecified atom stereocenters. The van der Waals surface area contributed by atoms with Crippen molar-refractivity contribution in [3.8, 4) is 0 Å². The normalized spacial score (nSPS) is 19.0. The number of nitrogens with zero attached hydrogens (tertiary/aromatic N) is 5. The molecule has 2 aliphatic rings. The molecule has 202 valence electrons. The number of pyridine rings is 1. The summed E-state index contributed by atoms with van der Waals surface area (Å²) >= 11 is 6.03. The number of carbonyl (C=O) groups excluding carboxylic acids is 1. The standard InChI is InChI=1S/C30H33ClN6O2/c1-2-21-13-17-36(20-21)28(38)22-5-11-25(12-6-22)32-29-33-27-26(4-3-16-37(27)34-29)35-18-14-30(39,15-19-35)23-7-9-24(31)10-8-23/h3-12,16,21,39H,2,13-15,17-20H2,1H3,(H,32,34). The number of piperidine rings is 1. The van der Waals surface area contributed by atoms with Gasteiger partial charge in [0.25, 0.3) is 5.91 Å². The van der Waals surface area contributed by atoms with Crippen LogP contribution in [0.25, 0.3) is 5.65 Å². The third-order valence-corrected chi connectivity index (χ3v) is 8.44. The lowest BCUT2D eigenvalue weighted by atomic mass is 9.84. The third kappa shape index (κ3) is 5.18. The summed E-state index contributed by atoms with van der Waals surface area (Å²) in [5.74, 6) is 1.19. The fourth-order valence-corrected chi connectivity index (χ4v) is 5.84. The van der Waals surface area contributed by atoms with Crippen LogP contribution in [0.2, 0.25) is 5.02 Å². The van der Waals surface area contributed by atoms with E-state index < -0.39 is 5.60 Å². The van der Waals surface area contributed by atoms with Crippen LogP contribution in [0.15, 0.2) is 66.9 Å². The fraction of sp³-hybridized carbons (Fsp3) is 0.367. The van der Waals surface area contributed by atoms with Crippen LogP contribution in [-0.4, -0.2) is 56.7 Å². The minimum Gasteiger partial charge on any atom is -0.385 e. The Labute approximate surface area is 233 Å². The number of rotatable bonds is 6. The Morgan fingerprint density at radius 2 is 1.82 bits per heavy atom. The molecule has 2 saturated heterocycles. The summed E-state index contributed by atoms with van der Waals surface area (Å²) in [5, 5.41) is 19.8. The highest BCUT2D eigenvalue weighted by Gasteiger charge is 2.34. The number of hydrogen-bond donors (Lipinski definition) is 2. The van der Waals surface area contributed by atoms with Gasteiger partial charge in [-0.25, -0.2) is 4.52 Å². The smallest absolute Gasteiger partial charge is 0.253 e. The number of likely N-dealkylation sites (tertiary alicyclic amines) is 1. The number of aromatic nitrogens is 3. The van der Waals surface area contributed by atoms with Crippen molar-refractivity contribution in [3.63, 3.8) is 0 Å². The molecule has 2 fully saturated rings. The molecule has 2 aromatic heterocycles. The number of aliphatic hydroxyl groups is 1. The molecule has 2 N–H and O–H groups in total. The summed E-state index contributed by atoms with van der Waals surface area (Å²) in [5.41, 5.74) is 3.29. The largest absolute Gasteiger partial charge is 0.385 e. The highest BCUT2D eigenvalue weighted by atomic mass is 35.5. The maximum Gasteiger partial charge on any atom is 0.253 e. The summed E-state index contributed by atoms with van der Waals surface area (Å²) in [6, 6.07) is 19.0. The molecule has 0 aliphatic carbocycles. The van der Waals surface area contributed by atoms with Gasteiger partial charge >= 0.3 is 0 Å². The second-order valence-electron chi connectivity index (χ2n) is 10.6. The first kappa shape index (κ1) is 25.6. The maximum atomic E-state index is 12.9. The topological polar surface area (TPSA) is 86.0 Å². The highest BCUT2D eigenvalue weighted by Crippen LogP contribution is 2.36. The lowest BCUT2D eigenvalue weighted by molar-refractivity contribution is 0.0118. The Morgan fingerprint density at radius 1 is 1.08 bits per heavy atom. The van der Waals surface area contributed by atoms with E-state index in [4.69, 9.17) is 16.6 Å². The molecule has 4 aromatic rings. The van der Waals surface area contributed by atoms with Crippen molar-refractivity contribution in [1.29, 1.82) is 0 Å². The number of amides is 1. The van der Waals surface area contributed by atoms with Crippen LogP contribution in [0.3, 0.4) is 0 Å². The lowest BCUT2D eigenvalue weighted by Gasteiger charge is -2.39. The minimum absolute atomic E-state index is 0.0949. The molecule has 39 heavy (non-hydrogen) atoms. The molecule has 0 saturated carbocycles. The molecule has 0 bridgehead atoms. The fourth-order valence-electron chi connectivity index (χ4n) is 5.72. The molecular weight excluding hydrogens is 512 g/mol. The summed E-state index contributed by atoms with van der Waals surface area (Å²) in [4.78, 5) is 21.8. The zero-order valence-electron chi connectivity index (χ0n) is 22.1. The second kappa shape index (κ2) is 10.5. The molecule has 1 atom stereocenters. The van der Waals surface area contributed by atoms with Crippen LogP contribution >= 0.6 is 11.6 Å².